The molecule has 0 saturated heterocycles. The van der Waals surface area contributed by atoms with Crippen LogP contribution in [-0.2, 0) is 60.9 Å². The van der Waals surface area contributed by atoms with Crippen molar-refractivity contribution in [1.82, 2.24) is 10.6 Å². The molecule has 0 spiro atoms. The number of nitrogens with one attached hydrogen (secondary N) is 2. The van der Waals surface area contributed by atoms with E-state index in [4.69, 9.17) is 4.55 Å². The molecule has 406 valence electrons. The SMILES string of the molecule is CCCCC(C(=O)NCCS(=O)(=O)O)C1(C)/C(=C/C=C/C=C/C=C/C2=[N+](CCCS(=O)(=O)[O-])c3cc(I)c(I)c(I)c3C2(C)CCCCCC(=O)NCCS(=O)(=O)O)N(CS(=O)(=O)O)c2cc(I)c(I)c(I)c21. The summed E-state index contributed by atoms with van der Waals surface area (Å²) in [7, 11) is -17.8. The molecule has 0 bridgehead atoms. The first kappa shape index (κ1) is 65.3. The average Bonchev–Trinajstić information content (AvgIpc) is 3.61. The Morgan fingerprint density at radius 2 is 1.30 bits per heavy atom. The van der Waals surface area contributed by atoms with Gasteiger partial charge in [0.1, 0.15) is 6.54 Å². The molecule has 0 fully saturated rings. The Bertz CT molecular complexity index is 3060. The minimum atomic E-state index is -4.64. The molecule has 0 saturated carbocycles. The number of hydrogen-bond acceptors (Lipinski definition) is 12. The molecule has 0 aromatic heterocycles. The standard InChI is InChI=1S/C45H56I6N4O14S4/c1-4-5-15-29(43(57)53-21-25-72(64,65)66)45(3)35(55(28-73(67,68)69)33-27-31(47)40(49)42(51)38(33)45)17-11-8-6-7-10-16-34-44(2,19-13-9-12-18-36(56)52-20-24-71(61,62)63)37-32(26-30(46)39(48)41(37)50)54(34)22-14-23-70(58,59)60/h6-8,10-11,16-17,26-27,29H,4-5,9,12-15,18-25,28H2,1-3H3,(H5-,52,53,56,57,58,59,60,61,62,63,64,65,66,67,68,69). The molecule has 73 heavy (non-hydrogen) atoms. The van der Waals surface area contributed by atoms with Gasteiger partial charge >= 0.3 is 0 Å². The Balaban J connectivity index is 1.78. The van der Waals surface area contributed by atoms with Crippen molar-refractivity contribution in [3.8, 4) is 0 Å². The van der Waals surface area contributed by atoms with Crippen molar-refractivity contribution < 1.29 is 66.0 Å². The van der Waals surface area contributed by atoms with Gasteiger partial charge in [0.25, 0.3) is 30.4 Å². The molecule has 0 radical (unpaired) electrons. The molecule has 2 aliphatic rings. The van der Waals surface area contributed by atoms with Gasteiger partial charge in [0.05, 0.1) is 38.5 Å². The molecular formula is C45H56I6N4O14S4. The lowest BCUT2D eigenvalue weighted by Gasteiger charge is -2.37. The van der Waals surface area contributed by atoms with E-state index in [2.05, 4.69) is 153 Å². The number of nitrogens with zero attached hydrogens (tertiary/aromatic N) is 2. The van der Waals surface area contributed by atoms with Crippen LogP contribution in [0.2, 0.25) is 0 Å². The highest BCUT2D eigenvalue weighted by molar-refractivity contribution is 14.1. The van der Waals surface area contributed by atoms with Gasteiger partial charge in [-0.3, -0.25) is 23.2 Å². The van der Waals surface area contributed by atoms with Crippen molar-refractivity contribution in [2.24, 2.45) is 5.92 Å². The van der Waals surface area contributed by atoms with E-state index in [9.17, 15) is 56.9 Å². The van der Waals surface area contributed by atoms with Gasteiger partial charge < -0.3 is 20.1 Å². The van der Waals surface area contributed by atoms with Crippen LogP contribution in [0, 0.1) is 27.3 Å². The Morgan fingerprint density at radius 1 is 0.726 bits per heavy atom. The zero-order valence-corrected chi connectivity index (χ0v) is 55.9. The third kappa shape index (κ3) is 18.2. The lowest BCUT2D eigenvalue weighted by Crippen LogP contribution is -2.46. The summed E-state index contributed by atoms with van der Waals surface area (Å²) in [6.45, 7) is 5.58. The molecule has 3 atom stereocenters. The first-order valence-electron chi connectivity index (χ1n) is 22.6. The zero-order chi connectivity index (χ0) is 54.9. The highest BCUT2D eigenvalue weighted by atomic mass is 127. The summed E-state index contributed by atoms with van der Waals surface area (Å²) in [4.78, 5) is 28.1. The summed E-state index contributed by atoms with van der Waals surface area (Å²) in [5.41, 5.74) is 2.48. The van der Waals surface area contributed by atoms with Gasteiger partial charge in [-0.05, 0) is 181 Å². The van der Waals surface area contributed by atoms with Crippen LogP contribution in [0.1, 0.15) is 89.7 Å². The van der Waals surface area contributed by atoms with Crippen molar-refractivity contribution in [3.63, 3.8) is 0 Å². The van der Waals surface area contributed by atoms with Crippen LogP contribution in [0.4, 0.5) is 11.4 Å². The van der Waals surface area contributed by atoms with E-state index in [1.807, 2.05) is 42.7 Å². The normalized spacial score (nSPS) is 19.5. The van der Waals surface area contributed by atoms with Gasteiger partial charge in [0.2, 0.25) is 17.5 Å². The Hall–Kier alpha value is -0.170. The highest BCUT2D eigenvalue weighted by Gasteiger charge is 2.53. The molecular weight excluding hydrogens is 1710 g/mol. The summed E-state index contributed by atoms with van der Waals surface area (Å²) in [5, 5.41) is 5.18. The number of anilines is 1. The number of hydrogen-bond donors (Lipinski definition) is 5. The number of amides is 2. The average molecular weight is 1770 g/mol. The van der Waals surface area contributed by atoms with Crippen LogP contribution in [0.25, 0.3) is 0 Å². The topological polar surface area (TPSA) is 285 Å². The summed E-state index contributed by atoms with van der Waals surface area (Å²) in [6, 6.07) is 3.86. The summed E-state index contributed by atoms with van der Waals surface area (Å²) in [5.74, 6) is -4.36. The maximum atomic E-state index is 14.2. The monoisotopic (exact) mass is 1770 g/mol. The maximum Gasteiger partial charge on any atom is 0.283 e. The summed E-state index contributed by atoms with van der Waals surface area (Å²) < 4.78 is 142. The molecule has 28 heteroatoms. The van der Waals surface area contributed by atoms with E-state index < -0.39 is 86.3 Å². The Labute approximate surface area is 510 Å². The maximum absolute atomic E-state index is 14.2. The fourth-order valence-electron chi connectivity index (χ4n) is 9.14. The highest BCUT2D eigenvalue weighted by Crippen LogP contribution is 2.56. The zero-order valence-electron chi connectivity index (χ0n) is 39.7. The molecule has 3 unspecified atom stereocenters. The second-order valence-electron chi connectivity index (χ2n) is 17.7. The smallest absolute Gasteiger partial charge is 0.283 e. The van der Waals surface area contributed by atoms with Crippen molar-refractivity contribution in [3.05, 3.63) is 92.9 Å². The van der Waals surface area contributed by atoms with Crippen molar-refractivity contribution in [2.75, 3.05) is 47.7 Å². The lowest BCUT2D eigenvalue weighted by molar-refractivity contribution is -0.437. The summed E-state index contributed by atoms with van der Waals surface area (Å²) >= 11 is 13.4. The van der Waals surface area contributed by atoms with Crippen molar-refractivity contribution in [2.45, 2.75) is 89.4 Å². The number of allylic oxidation sites excluding steroid dienone is 8. The second-order valence-corrected chi connectivity index (χ2v) is 30.5. The van der Waals surface area contributed by atoms with Crippen LogP contribution in [-0.4, -0.2) is 117 Å². The molecule has 18 nitrogen and oxygen atoms in total. The molecule has 2 heterocycles. The van der Waals surface area contributed by atoms with Crippen LogP contribution in [0.5, 0.6) is 0 Å². The number of fused-ring (bicyclic) bond motifs is 2. The van der Waals surface area contributed by atoms with Crippen LogP contribution < -0.4 is 15.5 Å². The van der Waals surface area contributed by atoms with Gasteiger partial charge in [-0.15, -0.1) is 0 Å². The van der Waals surface area contributed by atoms with Crippen LogP contribution in [0.15, 0.2) is 60.4 Å². The second kappa shape index (κ2) is 27.8. The first-order valence-corrected chi connectivity index (χ1v) is 35.5. The number of benzene rings is 2. The third-order valence-corrected chi connectivity index (χ3v) is 25.5. The van der Waals surface area contributed by atoms with Gasteiger partial charge in [-0.1, -0.05) is 63.0 Å². The fraction of sp³-hybridized carbons (Fsp3) is 0.489. The fourth-order valence-corrected chi connectivity index (χ4v) is 16.2. The number of halogens is 6. The minimum Gasteiger partial charge on any atom is -0.748 e. The molecule has 2 aromatic rings. The Kier molecular flexibility index (Phi) is 24.9. The molecule has 2 aliphatic heterocycles. The number of carbonyl (C=O) groups is 2. The van der Waals surface area contributed by atoms with Gasteiger partial charge in [-0.2, -0.15) is 29.8 Å². The first-order chi connectivity index (χ1) is 33.8. The molecule has 5 N–H and O–H groups in total. The molecule has 2 aromatic carbocycles. The van der Waals surface area contributed by atoms with Crippen molar-refractivity contribution in [1.29, 1.82) is 0 Å². The van der Waals surface area contributed by atoms with E-state index in [0.29, 0.717) is 61.9 Å². The van der Waals surface area contributed by atoms with E-state index in [-0.39, 0.29) is 38.4 Å². The van der Waals surface area contributed by atoms with E-state index in [1.54, 1.807) is 30.4 Å². The van der Waals surface area contributed by atoms with Crippen molar-refractivity contribution >= 4 is 205 Å². The summed E-state index contributed by atoms with van der Waals surface area (Å²) in [6.07, 6.45) is 16.7. The molecule has 4 rings (SSSR count). The molecule has 0 aliphatic carbocycles. The largest absolute Gasteiger partial charge is 0.748 e. The lowest BCUT2D eigenvalue weighted by atomic mass is 9.68. The van der Waals surface area contributed by atoms with E-state index in [0.717, 1.165) is 38.4 Å². The van der Waals surface area contributed by atoms with Crippen LogP contribution in [0.3, 0.4) is 0 Å². The number of rotatable bonds is 27. The number of unbranched alkanes of at least 4 members (excludes halogenated alkanes) is 3. The van der Waals surface area contributed by atoms with E-state index in [1.165, 1.54) is 4.90 Å². The quantitative estimate of drug-likeness (QED) is 0.0140. The van der Waals surface area contributed by atoms with Gasteiger partial charge in [-0.25, -0.2) is 8.42 Å². The predicted molar refractivity (Wildman–Crippen MR) is 332 cm³/mol. The van der Waals surface area contributed by atoms with Gasteiger partial charge in [0.15, 0.2) is 11.6 Å². The predicted octanol–water partition coefficient (Wildman–Crippen LogP) is 8.55. The van der Waals surface area contributed by atoms with Crippen LogP contribution >= 0.6 is 136 Å². The van der Waals surface area contributed by atoms with Gasteiger partial charge in [0, 0.05) is 87.6 Å². The molecule has 2 amide bonds. The van der Waals surface area contributed by atoms with E-state index >= 15 is 0 Å². The Morgan fingerprint density at radius 3 is 1.89 bits per heavy atom. The number of carbonyl (C=O) groups excluding carboxylic acids is 2. The minimum absolute atomic E-state index is 0.0675. The third-order valence-electron chi connectivity index (χ3n) is 12.4.